The predicted octanol–water partition coefficient (Wildman–Crippen LogP) is 9.79. The molecule has 0 aliphatic heterocycles. The van der Waals surface area contributed by atoms with Gasteiger partial charge in [-0.1, -0.05) is 105 Å². The molecule has 0 N–H and O–H groups in total. The molecule has 0 atom stereocenters. The highest BCUT2D eigenvalue weighted by atomic mass is 16.5. The van der Waals surface area contributed by atoms with Crippen LogP contribution in [0.15, 0.2) is 109 Å². The van der Waals surface area contributed by atoms with Gasteiger partial charge in [-0.15, -0.1) is 0 Å². The molecule has 2 heteroatoms. The molecular formula is C33H36O2. The van der Waals surface area contributed by atoms with E-state index in [9.17, 15) is 0 Å². The van der Waals surface area contributed by atoms with Gasteiger partial charge in [0.05, 0.1) is 0 Å². The van der Waals surface area contributed by atoms with E-state index in [-0.39, 0.29) is 0 Å². The van der Waals surface area contributed by atoms with E-state index in [1.54, 1.807) is 0 Å². The molecule has 180 valence electrons. The first-order valence-electron chi connectivity index (χ1n) is 13.0. The molecule has 0 radical (unpaired) electrons. The minimum Gasteiger partial charge on any atom is -0.457 e. The van der Waals surface area contributed by atoms with Crippen LogP contribution in [0.3, 0.4) is 0 Å². The number of hydrogen-bond donors (Lipinski definition) is 0. The quantitative estimate of drug-likeness (QED) is 0.173. The molecule has 0 bridgehead atoms. The number of ether oxygens (including phenoxy) is 2. The largest absolute Gasteiger partial charge is 0.457 e. The Morgan fingerprint density at radius 2 is 0.686 bits per heavy atom. The van der Waals surface area contributed by atoms with E-state index in [1.165, 1.54) is 56.1 Å². The standard InChI is InChI=1S/C33H36O2/c1(2-4-8-18-28-20-14-16-26-32(28)34-30-22-10-6-11-23-30)3-5-9-19-29-21-15-17-27-33(29)35-31-24-12-7-13-25-31/h6-7,10-17,20-27H,1-5,8-9,18-19H2. The van der Waals surface area contributed by atoms with Crippen molar-refractivity contribution in [2.75, 3.05) is 0 Å². The fraction of sp³-hybridized carbons (Fsp3) is 0.273. The zero-order valence-corrected chi connectivity index (χ0v) is 20.6. The van der Waals surface area contributed by atoms with Crippen molar-refractivity contribution in [3.63, 3.8) is 0 Å². The molecule has 0 aliphatic carbocycles. The molecule has 4 aromatic carbocycles. The molecular weight excluding hydrogens is 428 g/mol. The highest BCUT2D eigenvalue weighted by molar-refractivity contribution is 5.38. The maximum absolute atomic E-state index is 6.10. The van der Waals surface area contributed by atoms with Crippen molar-refractivity contribution in [2.24, 2.45) is 0 Å². The molecule has 0 saturated heterocycles. The molecule has 0 heterocycles. The summed E-state index contributed by atoms with van der Waals surface area (Å²) in [5.74, 6) is 3.76. The van der Waals surface area contributed by atoms with Crippen molar-refractivity contribution in [3.8, 4) is 23.0 Å². The summed E-state index contributed by atoms with van der Waals surface area (Å²) in [5.41, 5.74) is 2.60. The Morgan fingerprint density at radius 1 is 0.343 bits per heavy atom. The Hall–Kier alpha value is -3.52. The van der Waals surface area contributed by atoms with Crippen molar-refractivity contribution in [3.05, 3.63) is 120 Å². The summed E-state index contributed by atoms with van der Waals surface area (Å²) in [7, 11) is 0. The number of benzene rings is 4. The SMILES string of the molecule is c1ccc(Oc2ccccc2CCCCCCCCCc2ccccc2Oc2ccccc2)cc1. The predicted molar refractivity (Wildman–Crippen MR) is 146 cm³/mol. The maximum atomic E-state index is 6.10. The third kappa shape index (κ3) is 8.33. The van der Waals surface area contributed by atoms with Gasteiger partial charge in [-0.3, -0.25) is 0 Å². The van der Waals surface area contributed by atoms with Crippen LogP contribution in [-0.4, -0.2) is 0 Å². The molecule has 2 nitrogen and oxygen atoms in total. The number of unbranched alkanes of at least 4 members (excludes halogenated alkanes) is 6. The van der Waals surface area contributed by atoms with Crippen LogP contribution in [0.5, 0.6) is 23.0 Å². The van der Waals surface area contributed by atoms with Gasteiger partial charge in [-0.05, 0) is 73.2 Å². The van der Waals surface area contributed by atoms with Gasteiger partial charge in [-0.2, -0.15) is 0 Å². The summed E-state index contributed by atoms with van der Waals surface area (Å²) in [6.07, 6.45) is 11.0. The van der Waals surface area contributed by atoms with Gasteiger partial charge in [0, 0.05) is 0 Å². The van der Waals surface area contributed by atoms with Crippen LogP contribution in [-0.2, 0) is 12.8 Å². The molecule has 0 aliphatic rings. The van der Waals surface area contributed by atoms with Gasteiger partial charge in [0.1, 0.15) is 23.0 Å². The van der Waals surface area contributed by atoms with E-state index in [2.05, 4.69) is 36.4 Å². The Kier molecular flexibility index (Phi) is 9.85. The molecule has 0 saturated carbocycles. The molecule has 0 fully saturated rings. The molecule has 0 spiro atoms. The van der Waals surface area contributed by atoms with Gasteiger partial charge in [-0.25, -0.2) is 0 Å². The number of rotatable bonds is 14. The lowest BCUT2D eigenvalue weighted by molar-refractivity contribution is 0.473. The van der Waals surface area contributed by atoms with E-state index in [4.69, 9.17) is 9.47 Å². The second-order valence-corrected chi connectivity index (χ2v) is 9.02. The summed E-state index contributed by atoms with van der Waals surface area (Å²) < 4.78 is 12.2. The molecule has 4 rings (SSSR count). The van der Waals surface area contributed by atoms with Crippen molar-refractivity contribution < 1.29 is 9.47 Å². The fourth-order valence-corrected chi connectivity index (χ4v) is 4.37. The van der Waals surface area contributed by atoms with E-state index < -0.39 is 0 Å². The van der Waals surface area contributed by atoms with E-state index >= 15 is 0 Å². The first-order valence-corrected chi connectivity index (χ1v) is 13.0. The zero-order valence-electron chi connectivity index (χ0n) is 20.6. The lowest BCUT2D eigenvalue weighted by atomic mass is 10.0. The first kappa shape index (κ1) is 24.6. The summed E-state index contributed by atoms with van der Waals surface area (Å²) >= 11 is 0. The monoisotopic (exact) mass is 464 g/mol. The fourth-order valence-electron chi connectivity index (χ4n) is 4.37. The highest BCUT2D eigenvalue weighted by Gasteiger charge is 2.06. The average Bonchev–Trinajstić information content (AvgIpc) is 2.91. The van der Waals surface area contributed by atoms with Gasteiger partial charge < -0.3 is 9.47 Å². The molecule has 0 aromatic heterocycles. The van der Waals surface area contributed by atoms with Gasteiger partial charge in [0.2, 0.25) is 0 Å². The lowest BCUT2D eigenvalue weighted by Gasteiger charge is -2.11. The van der Waals surface area contributed by atoms with Crippen LogP contribution in [0.25, 0.3) is 0 Å². The van der Waals surface area contributed by atoms with E-state index in [0.29, 0.717) is 0 Å². The Bertz CT molecular complexity index is 1030. The van der Waals surface area contributed by atoms with Crippen LogP contribution >= 0.6 is 0 Å². The summed E-state index contributed by atoms with van der Waals surface area (Å²) in [5, 5.41) is 0. The van der Waals surface area contributed by atoms with Crippen LogP contribution in [0.4, 0.5) is 0 Å². The minimum absolute atomic E-state index is 0.897. The number of hydrogen-bond acceptors (Lipinski definition) is 2. The number of aryl methyl sites for hydroxylation is 2. The zero-order chi connectivity index (χ0) is 24.0. The average molecular weight is 465 g/mol. The topological polar surface area (TPSA) is 18.5 Å². The van der Waals surface area contributed by atoms with Gasteiger partial charge in [0.15, 0.2) is 0 Å². The van der Waals surface area contributed by atoms with Crippen molar-refractivity contribution in [1.29, 1.82) is 0 Å². The Morgan fingerprint density at radius 3 is 1.11 bits per heavy atom. The first-order chi connectivity index (χ1) is 17.4. The second-order valence-electron chi connectivity index (χ2n) is 9.02. The van der Waals surface area contributed by atoms with Crippen LogP contribution in [0, 0.1) is 0 Å². The molecule has 4 aromatic rings. The van der Waals surface area contributed by atoms with Crippen LogP contribution in [0.2, 0.25) is 0 Å². The second kappa shape index (κ2) is 14.0. The van der Waals surface area contributed by atoms with Crippen LogP contribution < -0.4 is 9.47 Å². The number of para-hydroxylation sites is 4. The van der Waals surface area contributed by atoms with E-state index in [0.717, 1.165) is 35.8 Å². The summed E-state index contributed by atoms with van der Waals surface area (Å²) in [4.78, 5) is 0. The Balaban J connectivity index is 1.11. The summed E-state index contributed by atoms with van der Waals surface area (Å²) in [6.45, 7) is 0. The third-order valence-corrected chi connectivity index (χ3v) is 6.28. The smallest absolute Gasteiger partial charge is 0.130 e. The van der Waals surface area contributed by atoms with Gasteiger partial charge >= 0.3 is 0 Å². The summed E-state index contributed by atoms with van der Waals surface area (Å²) in [6, 6.07) is 36.9. The third-order valence-electron chi connectivity index (χ3n) is 6.28. The Labute approximate surface area is 210 Å². The maximum Gasteiger partial charge on any atom is 0.130 e. The van der Waals surface area contributed by atoms with Crippen LogP contribution in [0.1, 0.15) is 56.1 Å². The van der Waals surface area contributed by atoms with Crippen molar-refractivity contribution in [2.45, 2.75) is 57.8 Å². The molecule has 0 amide bonds. The minimum atomic E-state index is 0.897. The highest BCUT2D eigenvalue weighted by Crippen LogP contribution is 2.28. The van der Waals surface area contributed by atoms with Gasteiger partial charge in [0.25, 0.3) is 0 Å². The molecule has 0 unspecified atom stereocenters. The normalized spacial score (nSPS) is 10.7. The van der Waals surface area contributed by atoms with Crippen molar-refractivity contribution >= 4 is 0 Å². The lowest BCUT2D eigenvalue weighted by Crippen LogP contribution is -1.93. The van der Waals surface area contributed by atoms with E-state index in [1.807, 2.05) is 72.8 Å². The van der Waals surface area contributed by atoms with Crippen molar-refractivity contribution in [1.82, 2.24) is 0 Å². The molecule has 35 heavy (non-hydrogen) atoms.